The van der Waals surface area contributed by atoms with E-state index in [-0.39, 0.29) is 18.9 Å². The van der Waals surface area contributed by atoms with Gasteiger partial charge in [0.25, 0.3) is 5.91 Å². The average Bonchev–Trinajstić information content (AvgIpc) is 2.96. The molecule has 0 spiro atoms. The number of hydrogen-bond acceptors (Lipinski definition) is 4. The molecule has 150 valence electrons. The molecule has 0 unspecified atom stereocenters. The Morgan fingerprint density at radius 2 is 1.89 bits per heavy atom. The molecule has 8 nitrogen and oxygen atoms in total. The Labute approximate surface area is 163 Å². The molecule has 8 heteroatoms. The molecule has 4 amide bonds. The van der Waals surface area contributed by atoms with E-state index in [2.05, 4.69) is 10.7 Å². The van der Waals surface area contributed by atoms with Crippen molar-refractivity contribution in [1.82, 2.24) is 15.8 Å². The van der Waals surface area contributed by atoms with Crippen LogP contribution >= 0.6 is 0 Å². The summed E-state index contributed by atoms with van der Waals surface area (Å²) in [7, 11) is 0. The fourth-order valence-corrected chi connectivity index (χ4v) is 3.04. The van der Waals surface area contributed by atoms with Crippen LogP contribution < -0.4 is 10.7 Å². The topological polar surface area (TPSA) is 116 Å². The van der Waals surface area contributed by atoms with Gasteiger partial charge < -0.3 is 10.4 Å². The molecule has 1 saturated heterocycles. The number of benzene rings is 1. The van der Waals surface area contributed by atoms with Crippen molar-refractivity contribution in [3.8, 4) is 0 Å². The molecule has 3 N–H and O–H groups in total. The van der Waals surface area contributed by atoms with Crippen molar-refractivity contribution in [2.24, 2.45) is 17.8 Å². The van der Waals surface area contributed by atoms with E-state index in [4.69, 9.17) is 0 Å². The Bertz CT molecular complexity index is 744. The third-order valence-electron chi connectivity index (χ3n) is 4.43. The minimum atomic E-state index is -1.10. The number of nitrogens with zero attached hydrogens (tertiary/aromatic N) is 1. The molecular formula is C20H25N3O5. The molecule has 0 aromatic heterocycles. The maximum absolute atomic E-state index is 12.7. The van der Waals surface area contributed by atoms with Crippen molar-refractivity contribution >= 4 is 29.9 Å². The van der Waals surface area contributed by atoms with Crippen LogP contribution in [0.1, 0.15) is 32.3 Å². The van der Waals surface area contributed by atoms with Crippen LogP contribution in [-0.2, 0) is 14.4 Å². The maximum atomic E-state index is 12.7. The van der Waals surface area contributed by atoms with Gasteiger partial charge in [0.1, 0.15) is 6.54 Å². The quantitative estimate of drug-likeness (QED) is 0.561. The average molecular weight is 387 g/mol. The highest BCUT2D eigenvalue weighted by Gasteiger charge is 2.37. The number of carbonyl (C=O) groups excluding carboxylic acids is 3. The summed E-state index contributed by atoms with van der Waals surface area (Å²) in [6, 6.07) is 8.70. The molecule has 1 fully saturated rings. The predicted octanol–water partition coefficient (Wildman–Crippen LogP) is 2.04. The zero-order chi connectivity index (χ0) is 20.7. The van der Waals surface area contributed by atoms with Gasteiger partial charge >= 0.3 is 12.0 Å². The number of imide groups is 1. The largest absolute Gasteiger partial charge is 0.481 e. The van der Waals surface area contributed by atoms with E-state index < -0.39 is 35.7 Å². The monoisotopic (exact) mass is 387 g/mol. The molecule has 0 saturated carbocycles. The molecule has 1 aromatic carbocycles. The molecule has 0 aliphatic carbocycles. The number of hydrogen-bond donors (Lipinski definition) is 3. The van der Waals surface area contributed by atoms with Crippen molar-refractivity contribution in [3.05, 3.63) is 42.0 Å². The second-order valence-electron chi connectivity index (χ2n) is 7.09. The van der Waals surface area contributed by atoms with Crippen molar-refractivity contribution in [2.75, 3.05) is 6.54 Å². The van der Waals surface area contributed by atoms with Gasteiger partial charge in [-0.05, 0) is 24.3 Å². The summed E-state index contributed by atoms with van der Waals surface area (Å²) in [6.45, 7) is 3.57. The van der Waals surface area contributed by atoms with E-state index in [1.54, 1.807) is 12.2 Å². The zero-order valence-electron chi connectivity index (χ0n) is 15.9. The molecule has 1 aliphatic rings. The Hall–Kier alpha value is -3.16. The summed E-state index contributed by atoms with van der Waals surface area (Å²) in [4.78, 5) is 47.9. The van der Waals surface area contributed by atoms with E-state index in [1.165, 1.54) is 0 Å². The number of allylic oxidation sites excluding steroid dienone is 1. The molecule has 2 rings (SSSR count). The maximum Gasteiger partial charge on any atom is 0.343 e. The van der Waals surface area contributed by atoms with Gasteiger partial charge in [-0.15, -0.1) is 0 Å². The highest BCUT2D eigenvalue weighted by Crippen LogP contribution is 2.25. The van der Waals surface area contributed by atoms with Crippen LogP contribution in [0.4, 0.5) is 4.79 Å². The van der Waals surface area contributed by atoms with Gasteiger partial charge in [-0.3, -0.25) is 19.8 Å². The van der Waals surface area contributed by atoms with Crippen LogP contribution in [-0.4, -0.2) is 40.5 Å². The lowest BCUT2D eigenvalue weighted by Crippen LogP contribution is -2.50. The van der Waals surface area contributed by atoms with Crippen molar-refractivity contribution in [3.63, 3.8) is 0 Å². The molecule has 28 heavy (non-hydrogen) atoms. The summed E-state index contributed by atoms with van der Waals surface area (Å²) in [5, 5.41) is 12.6. The van der Waals surface area contributed by atoms with E-state index in [1.807, 2.05) is 44.2 Å². The van der Waals surface area contributed by atoms with Crippen LogP contribution in [0.15, 0.2) is 36.4 Å². The fraction of sp³-hybridized carbons (Fsp3) is 0.400. The lowest BCUT2D eigenvalue weighted by Gasteiger charge is -2.25. The standard InChI is InChI=1S/C20H25N3O5/c1-13(2)11-16(18(25)22-23-17(24)12-21-20(23)28)15(19(26)27)10-6-9-14-7-4-3-5-8-14/h3-9,13,15-16H,10-12H2,1-2H3,(H,21,28)(H,22,25)(H,26,27)/t15-,16+/m0/s1. The third kappa shape index (κ3) is 5.67. The third-order valence-corrected chi connectivity index (χ3v) is 4.43. The summed E-state index contributed by atoms with van der Waals surface area (Å²) in [6.07, 6.45) is 3.99. The predicted molar refractivity (Wildman–Crippen MR) is 103 cm³/mol. The van der Waals surface area contributed by atoms with Gasteiger partial charge in [0.15, 0.2) is 0 Å². The minimum absolute atomic E-state index is 0.0545. The van der Waals surface area contributed by atoms with Gasteiger partial charge in [0, 0.05) is 0 Å². The summed E-state index contributed by atoms with van der Waals surface area (Å²) in [5.41, 5.74) is 3.20. The normalized spacial score (nSPS) is 16.3. The van der Waals surface area contributed by atoms with Gasteiger partial charge in [0.2, 0.25) is 5.91 Å². The first-order valence-corrected chi connectivity index (χ1v) is 9.15. The number of amides is 4. The Balaban J connectivity index is 2.15. The second-order valence-corrected chi connectivity index (χ2v) is 7.09. The second kappa shape index (κ2) is 9.68. The van der Waals surface area contributed by atoms with Crippen molar-refractivity contribution in [1.29, 1.82) is 0 Å². The number of carboxylic acids is 1. The number of carboxylic acid groups (broad SMARTS) is 1. The SMILES string of the molecule is CC(C)C[C@@H](C(=O)NN1C(=O)CNC1=O)[C@H](CC=Cc1ccccc1)C(=O)O. The summed E-state index contributed by atoms with van der Waals surface area (Å²) < 4.78 is 0. The molecule has 1 aromatic rings. The van der Waals surface area contributed by atoms with Gasteiger partial charge in [-0.2, -0.15) is 5.01 Å². The summed E-state index contributed by atoms with van der Waals surface area (Å²) in [5.74, 6) is -4.16. The first kappa shape index (κ1) is 21.1. The zero-order valence-corrected chi connectivity index (χ0v) is 15.9. The van der Waals surface area contributed by atoms with Gasteiger partial charge in [0.05, 0.1) is 11.8 Å². The first-order chi connectivity index (χ1) is 13.3. The van der Waals surface area contributed by atoms with E-state index in [0.717, 1.165) is 5.56 Å². The van der Waals surface area contributed by atoms with Crippen LogP contribution in [0, 0.1) is 17.8 Å². The molecule has 0 radical (unpaired) electrons. The van der Waals surface area contributed by atoms with Crippen LogP contribution in [0.5, 0.6) is 0 Å². The van der Waals surface area contributed by atoms with Crippen LogP contribution in [0.3, 0.4) is 0 Å². The smallest absolute Gasteiger partial charge is 0.343 e. The van der Waals surface area contributed by atoms with E-state index >= 15 is 0 Å². The number of urea groups is 1. The van der Waals surface area contributed by atoms with E-state index in [0.29, 0.717) is 11.4 Å². The van der Waals surface area contributed by atoms with Crippen LogP contribution in [0.25, 0.3) is 6.08 Å². The Morgan fingerprint density at radius 3 is 2.43 bits per heavy atom. The highest BCUT2D eigenvalue weighted by molar-refractivity contribution is 6.03. The van der Waals surface area contributed by atoms with Crippen LogP contribution in [0.2, 0.25) is 0 Å². The Kier molecular flexibility index (Phi) is 7.31. The fourth-order valence-electron chi connectivity index (χ4n) is 3.04. The first-order valence-electron chi connectivity index (χ1n) is 9.15. The van der Waals surface area contributed by atoms with Crippen molar-refractivity contribution < 1.29 is 24.3 Å². The molecule has 1 aliphatic heterocycles. The molecular weight excluding hydrogens is 362 g/mol. The number of aliphatic carboxylic acids is 1. The number of carbonyl (C=O) groups is 4. The minimum Gasteiger partial charge on any atom is -0.481 e. The Morgan fingerprint density at radius 1 is 1.21 bits per heavy atom. The van der Waals surface area contributed by atoms with E-state index in [9.17, 15) is 24.3 Å². The lowest BCUT2D eigenvalue weighted by molar-refractivity contribution is -0.149. The van der Waals surface area contributed by atoms with Crippen molar-refractivity contribution in [2.45, 2.75) is 26.7 Å². The number of rotatable bonds is 9. The van der Waals surface area contributed by atoms with Gasteiger partial charge in [-0.1, -0.05) is 56.3 Å². The number of hydrazine groups is 1. The lowest BCUT2D eigenvalue weighted by atomic mass is 9.82. The summed E-state index contributed by atoms with van der Waals surface area (Å²) >= 11 is 0. The highest BCUT2D eigenvalue weighted by atomic mass is 16.4. The molecule has 1 heterocycles. The van der Waals surface area contributed by atoms with Gasteiger partial charge in [-0.25, -0.2) is 4.79 Å². The number of nitrogens with one attached hydrogen (secondary N) is 2. The molecule has 2 atom stereocenters. The molecule has 0 bridgehead atoms.